The Bertz CT molecular complexity index is 4320. The number of amides is 3. The number of carbonyl (C=O) groups excluding carboxylic acids is 3. The molecule has 1 aliphatic rings. The molecule has 7 heterocycles. The third-order valence-corrected chi connectivity index (χ3v) is 17.4. The average Bonchev–Trinajstić information content (AvgIpc) is 4.51. The zero-order valence-electron chi connectivity index (χ0n) is 44.0. The minimum absolute atomic E-state index is 0.123. The number of halogens is 2. The zero-order valence-corrected chi connectivity index (χ0v) is 49.7. The number of nitrogens with one attached hydrogen (secondary N) is 6. The highest BCUT2D eigenvalue weighted by Gasteiger charge is 2.17. The van der Waals surface area contributed by atoms with Gasteiger partial charge in [-0.05, 0) is 102 Å². The minimum Gasteiger partial charge on any atom is -0.454 e. The fourth-order valence-electron chi connectivity index (χ4n) is 8.26. The molecule has 418 valence electrons. The number of hydrogen-bond acceptors (Lipinski definition) is 17. The molecule has 6 N–H and O–H groups in total. The molecule has 0 atom stereocenters. The van der Waals surface area contributed by atoms with Crippen molar-refractivity contribution in [3.63, 3.8) is 0 Å². The summed E-state index contributed by atoms with van der Waals surface area (Å²) in [6.45, 7) is 2.19. The van der Waals surface area contributed by atoms with Gasteiger partial charge in [0.05, 0.1) is 34.7 Å². The van der Waals surface area contributed by atoms with Gasteiger partial charge in [0.2, 0.25) is 6.79 Å². The van der Waals surface area contributed by atoms with E-state index < -0.39 is 0 Å². The van der Waals surface area contributed by atoms with Crippen LogP contribution in [-0.2, 0) is 17.3 Å². The van der Waals surface area contributed by atoms with Gasteiger partial charge in [-0.25, -0.2) is 29.9 Å². The summed E-state index contributed by atoms with van der Waals surface area (Å²) in [6.07, 6.45) is 9.71. The molecular weight excluding hydrogens is 1250 g/mol. The van der Waals surface area contributed by atoms with Crippen LogP contribution >= 0.6 is 67.1 Å². The molecule has 6 aromatic carbocycles. The smallest absolute Gasteiger partial charge is 0.255 e. The number of anilines is 3. The molecule has 0 saturated carbocycles. The lowest BCUT2D eigenvalue weighted by Gasteiger charge is -2.10. The number of rotatable bonds is 15. The third-order valence-electron chi connectivity index (χ3n) is 12.5. The van der Waals surface area contributed by atoms with E-state index in [2.05, 4.69) is 108 Å². The Balaban J connectivity index is 0.000000132. The second-order valence-electron chi connectivity index (χ2n) is 18.3. The predicted molar refractivity (Wildman–Crippen MR) is 333 cm³/mol. The van der Waals surface area contributed by atoms with Crippen molar-refractivity contribution in [2.75, 3.05) is 22.7 Å². The standard InChI is InChI=1S/C20H15Br2N5OS.C20H15N5O3S.C19H15N5OS/c1-11-16(21)6-14(7-17(11)22)26-19(28)13-4-2-3-12(5-13)9-29-20-15-8-25-27-18(15)23-10-24-20;26-19(24-14-4-5-16-17(7-14)28-11-27-16)13-3-1-2-12(6-13)9-29-20-15-8-23-25-18(15)21-10-22-20;25-18(23-15-7-2-1-3-8-15)14-6-4-5-13(9-14)11-26-19-16-10-22-24-17(16)20-12-21-19/h2-8,10H,9H2,1H3,(H,26,28)(H,23,24,25,27);1-8,10H,9,11H2,(H,24,26)(H,21,22,23,25);1-10,12H,11H2,(H,23,25)(H,20,21,22,24). The summed E-state index contributed by atoms with van der Waals surface area (Å²) in [4.78, 5) is 63.2. The van der Waals surface area contributed by atoms with Gasteiger partial charge in [-0.1, -0.05) is 86.5 Å². The van der Waals surface area contributed by atoms with E-state index >= 15 is 0 Å². The first kappa shape index (κ1) is 56.8. The highest BCUT2D eigenvalue weighted by Crippen LogP contribution is 2.35. The van der Waals surface area contributed by atoms with Gasteiger partial charge in [0.1, 0.15) is 34.1 Å². The molecule has 1 aliphatic heterocycles. The van der Waals surface area contributed by atoms with Gasteiger partial charge in [-0.3, -0.25) is 29.7 Å². The van der Waals surface area contributed by atoms with Crippen LogP contribution in [0.15, 0.2) is 195 Å². The van der Waals surface area contributed by atoms with Crippen molar-refractivity contribution >= 4 is 135 Å². The number of H-pyrrole nitrogens is 3. The van der Waals surface area contributed by atoms with Crippen molar-refractivity contribution in [2.45, 2.75) is 39.3 Å². The van der Waals surface area contributed by atoms with Gasteiger partial charge in [0, 0.05) is 66.0 Å². The van der Waals surface area contributed by atoms with E-state index in [4.69, 9.17) is 9.47 Å². The van der Waals surface area contributed by atoms with E-state index in [-0.39, 0.29) is 24.5 Å². The van der Waals surface area contributed by atoms with Crippen LogP contribution < -0.4 is 25.4 Å². The third kappa shape index (κ3) is 14.2. The monoisotopic (exact) mass is 1300 g/mol. The lowest BCUT2D eigenvalue weighted by molar-refractivity contribution is 0.101. The highest BCUT2D eigenvalue weighted by molar-refractivity contribution is 9.11. The molecule has 0 fully saturated rings. The number of ether oxygens (including phenoxy) is 2. The second kappa shape index (κ2) is 26.9. The van der Waals surface area contributed by atoms with E-state index in [0.29, 0.717) is 62.4 Å². The SMILES string of the molecule is Cc1c(Br)cc(NC(=O)c2cccc(CSc3ncnc4[nH]ncc34)c2)cc1Br.O=C(Nc1ccc2c(c1)OCO2)c1cccc(CSc2ncnc3[nH]ncc23)c1.O=C(Nc1ccccc1)c1cccc(CSc2ncnc3[nH]ncc23)c1. The maximum Gasteiger partial charge on any atom is 0.255 e. The zero-order chi connectivity index (χ0) is 57.8. The summed E-state index contributed by atoms with van der Waals surface area (Å²) in [5.41, 5.74) is 10.3. The van der Waals surface area contributed by atoms with Gasteiger partial charge in [0.15, 0.2) is 28.4 Å². The topological polar surface area (TPSA) is 269 Å². The van der Waals surface area contributed by atoms with Gasteiger partial charge in [-0.15, -0.1) is 35.3 Å². The van der Waals surface area contributed by atoms with Crippen LogP contribution in [0.3, 0.4) is 0 Å². The molecule has 13 rings (SSSR count). The van der Waals surface area contributed by atoms with Crippen molar-refractivity contribution in [3.05, 3.63) is 219 Å². The first-order valence-corrected chi connectivity index (χ1v) is 30.0. The number of fused-ring (bicyclic) bond motifs is 4. The molecule has 0 bridgehead atoms. The van der Waals surface area contributed by atoms with Crippen LogP contribution in [0.1, 0.15) is 53.3 Å². The molecule has 0 spiro atoms. The Morgan fingerprint density at radius 1 is 0.464 bits per heavy atom. The molecular formula is C59H45Br2N15O5S3. The van der Waals surface area contributed by atoms with Crippen molar-refractivity contribution in [1.29, 1.82) is 0 Å². The predicted octanol–water partition coefficient (Wildman–Crippen LogP) is 13.3. The molecule has 12 aromatic rings. The molecule has 0 aliphatic carbocycles. The van der Waals surface area contributed by atoms with Crippen LogP contribution in [0.25, 0.3) is 33.1 Å². The number of hydrogen-bond donors (Lipinski definition) is 6. The quantitative estimate of drug-likeness (QED) is 0.0411. The lowest BCUT2D eigenvalue weighted by Crippen LogP contribution is -2.12. The maximum atomic E-state index is 12.7. The highest BCUT2D eigenvalue weighted by atomic mass is 79.9. The molecule has 0 saturated heterocycles. The van der Waals surface area contributed by atoms with Crippen LogP contribution in [0.5, 0.6) is 11.5 Å². The normalized spacial score (nSPS) is 11.4. The van der Waals surface area contributed by atoms with Gasteiger partial charge >= 0.3 is 0 Å². The molecule has 84 heavy (non-hydrogen) atoms. The number of thioether (sulfide) groups is 3. The van der Waals surface area contributed by atoms with Gasteiger partial charge in [-0.2, -0.15) is 15.3 Å². The number of benzene rings is 6. The van der Waals surface area contributed by atoms with E-state index in [1.165, 1.54) is 19.0 Å². The largest absolute Gasteiger partial charge is 0.454 e. The Labute approximate surface area is 508 Å². The van der Waals surface area contributed by atoms with Crippen molar-refractivity contribution in [1.82, 2.24) is 60.5 Å². The van der Waals surface area contributed by atoms with Crippen molar-refractivity contribution in [3.8, 4) is 11.5 Å². The van der Waals surface area contributed by atoms with E-state index in [1.807, 2.05) is 110 Å². The lowest BCUT2D eigenvalue weighted by atomic mass is 10.1. The van der Waals surface area contributed by atoms with E-state index in [1.54, 1.807) is 84.2 Å². The molecule has 6 aromatic heterocycles. The van der Waals surface area contributed by atoms with Crippen LogP contribution in [0, 0.1) is 6.92 Å². The molecule has 0 unspecified atom stereocenters. The molecule has 20 nitrogen and oxygen atoms in total. The Hall–Kier alpha value is -9.01. The Morgan fingerprint density at radius 2 is 0.881 bits per heavy atom. The summed E-state index contributed by atoms with van der Waals surface area (Å²) >= 11 is 11.8. The number of para-hydroxylation sites is 1. The number of aromatic nitrogens is 12. The molecule has 25 heteroatoms. The van der Waals surface area contributed by atoms with Gasteiger partial charge in [0.25, 0.3) is 17.7 Å². The van der Waals surface area contributed by atoms with Gasteiger partial charge < -0.3 is 25.4 Å². The first-order chi connectivity index (χ1) is 41.1. The Kier molecular flexibility index (Phi) is 18.2. The fourth-order valence-corrected chi connectivity index (χ4v) is 12.2. The van der Waals surface area contributed by atoms with Crippen molar-refractivity contribution in [2.24, 2.45) is 0 Å². The maximum absolute atomic E-state index is 12.7. The number of carbonyl (C=O) groups is 3. The molecule has 3 amide bonds. The van der Waals surface area contributed by atoms with Crippen LogP contribution in [-0.4, -0.2) is 85.0 Å². The summed E-state index contributed by atoms with van der Waals surface area (Å²) in [5, 5.41) is 34.5. The summed E-state index contributed by atoms with van der Waals surface area (Å²) in [7, 11) is 0. The van der Waals surface area contributed by atoms with Crippen LogP contribution in [0.2, 0.25) is 0 Å². The van der Waals surface area contributed by atoms with Crippen molar-refractivity contribution < 1.29 is 23.9 Å². The molecule has 0 radical (unpaired) electrons. The average molecular weight is 1300 g/mol. The number of aromatic amines is 3. The summed E-state index contributed by atoms with van der Waals surface area (Å²) in [6, 6.07) is 41.2. The Morgan fingerprint density at radius 3 is 1.33 bits per heavy atom. The summed E-state index contributed by atoms with van der Waals surface area (Å²) in [5.74, 6) is 2.89. The van der Waals surface area contributed by atoms with E-state index in [0.717, 1.165) is 79.5 Å². The number of nitrogens with zero attached hydrogens (tertiary/aromatic N) is 9. The second-order valence-corrected chi connectivity index (χ2v) is 22.9. The minimum atomic E-state index is -0.185. The first-order valence-electron chi connectivity index (χ1n) is 25.5. The fraction of sp³-hybridized carbons (Fsp3) is 0.0847. The van der Waals surface area contributed by atoms with E-state index in [9.17, 15) is 14.4 Å². The summed E-state index contributed by atoms with van der Waals surface area (Å²) < 4.78 is 12.5. The van der Waals surface area contributed by atoms with Crippen LogP contribution in [0.4, 0.5) is 17.1 Å².